The van der Waals surface area contributed by atoms with E-state index >= 15 is 0 Å². The third-order valence-electron chi connectivity index (χ3n) is 2.46. The fourth-order valence-corrected chi connectivity index (χ4v) is 2.78. The molecule has 2 N–H and O–H groups in total. The van der Waals surface area contributed by atoms with Gasteiger partial charge >= 0.3 is 0 Å². The first-order valence-electron chi connectivity index (χ1n) is 5.27. The van der Waals surface area contributed by atoms with Gasteiger partial charge in [0.1, 0.15) is 4.99 Å². The number of nitrogens with zero attached hydrogens (tertiary/aromatic N) is 2. The van der Waals surface area contributed by atoms with E-state index in [2.05, 4.69) is 9.88 Å². The molecule has 2 rings (SSSR count). The standard InChI is InChI=1S/C12H12ClN3S2/c1-16(7-9-3-5-11(13)18-9)8-2-4-10(12(14)17)15-6-8/h2-6H,7H2,1H3,(H2,14,17). The molecule has 2 aromatic heterocycles. The molecule has 0 aliphatic carbocycles. The summed E-state index contributed by atoms with van der Waals surface area (Å²) in [6, 6.07) is 7.72. The van der Waals surface area contributed by atoms with Gasteiger partial charge in [-0.15, -0.1) is 11.3 Å². The molecular formula is C12H12ClN3S2. The molecule has 94 valence electrons. The second-order valence-electron chi connectivity index (χ2n) is 3.83. The third kappa shape index (κ3) is 3.19. The van der Waals surface area contributed by atoms with E-state index < -0.39 is 0 Å². The minimum atomic E-state index is 0.314. The van der Waals surface area contributed by atoms with Crippen LogP contribution < -0.4 is 10.6 Å². The monoisotopic (exact) mass is 297 g/mol. The van der Waals surface area contributed by atoms with Crippen molar-refractivity contribution in [2.75, 3.05) is 11.9 Å². The van der Waals surface area contributed by atoms with Crippen molar-refractivity contribution in [3.63, 3.8) is 0 Å². The van der Waals surface area contributed by atoms with Crippen LogP contribution in [0.15, 0.2) is 30.5 Å². The molecule has 0 aliphatic rings. The highest BCUT2D eigenvalue weighted by atomic mass is 35.5. The molecule has 0 spiro atoms. The maximum Gasteiger partial charge on any atom is 0.122 e. The van der Waals surface area contributed by atoms with E-state index in [0.29, 0.717) is 10.7 Å². The minimum Gasteiger partial charge on any atom is -0.388 e. The maximum atomic E-state index is 5.90. The molecule has 0 atom stereocenters. The van der Waals surface area contributed by atoms with Crippen LogP contribution in [0.25, 0.3) is 0 Å². The Labute approximate surface area is 120 Å². The molecule has 18 heavy (non-hydrogen) atoms. The van der Waals surface area contributed by atoms with E-state index in [1.165, 1.54) is 4.88 Å². The normalized spacial score (nSPS) is 10.3. The van der Waals surface area contributed by atoms with Crippen molar-refractivity contribution in [1.29, 1.82) is 0 Å². The van der Waals surface area contributed by atoms with Gasteiger partial charge in [-0.25, -0.2) is 0 Å². The lowest BCUT2D eigenvalue weighted by molar-refractivity contribution is 0.934. The largest absolute Gasteiger partial charge is 0.388 e. The van der Waals surface area contributed by atoms with Crippen molar-refractivity contribution in [3.05, 3.63) is 45.4 Å². The summed E-state index contributed by atoms with van der Waals surface area (Å²) >= 11 is 12.4. The fourth-order valence-electron chi connectivity index (χ4n) is 1.52. The van der Waals surface area contributed by atoms with Crippen LogP contribution in [0.5, 0.6) is 0 Å². The molecule has 0 bridgehead atoms. The van der Waals surface area contributed by atoms with Crippen LogP contribution in [0.2, 0.25) is 4.34 Å². The zero-order valence-electron chi connectivity index (χ0n) is 9.76. The van der Waals surface area contributed by atoms with Gasteiger partial charge in [0.2, 0.25) is 0 Å². The van der Waals surface area contributed by atoms with E-state index in [1.54, 1.807) is 17.5 Å². The van der Waals surface area contributed by atoms with Crippen LogP contribution in [-0.4, -0.2) is 17.0 Å². The smallest absolute Gasteiger partial charge is 0.122 e. The molecule has 2 heterocycles. The summed E-state index contributed by atoms with van der Waals surface area (Å²) in [5.74, 6) is 0. The van der Waals surface area contributed by atoms with Gasteiger partial charge in [-0.05, 0) is 24.3 Å². The molecule has 6 heteroatoms. The predicted molar refractivity (Wildman–Crippen MR) is 81.6 cm³/mol. The fraction of sp³-hybridized carbons (Fsp3) is 0.167. The van der Waals surface area contributed by atoms with Gasteiger partial charge in [0, 0.05) is 11.9 Å². The average Bonchev–Trinajstić information content (AvgIpc) is 2.75. The number of thiophene rings is 1. The molecule has 0 saturated heterocycles. The number of hydrogen-bond acceptors (Lipinski definition) is 4. The number of rotatable bonds is 4. The molecule has 0 fully saturated rings. The van der Waals surface area contributed by atoms with Crippen molar-refractivity contribution in [1.82, 2.24) is 4.98 Å². The van der Waals surface area contributed by atoms with Crippen LogP contribution in [0.1, 0.15) is 10.6 Å². The van der Waals surface area contributed by atoms with Crippen molar-refractivity contribution in [2.24, 2.45) is 5.73 Å². The first-order chi connectivity index (χ1) is 8.56. The topological polar surface area (TPSA) is 42.1 Å². The van der Waals surface area contributed by atoms with Gasteiger partial charge in [-0.3, -0.25) is 4.98 Å². The quantitative estimate of drug-likeness (QED) is 0.881. The van der Waals surface area contributed by atoms with Crippen molar-refractivity contribution >= 4 is 45.8 Å². The molecule has 2 aromatic rings. The lowest BCUT2D eigenvalue weighted by atomic mass is 10.3. The Kier molecular flexibility index (Phi) is 4.16. The summed E-state index contributed by atoms with van der Waals surface area (Å²) in [7, 11) is 2.01. The Morgan fingerprint density at radius 2 is 2.22 bits per heavy atom. The number of aromatic nitrogens is 1. The van der Waals surface area contributed by atoms with E-state index in [0.717, 1.165) is 16.6 Å². The Hall–Kier alpha value is -1.17. The predicted octanol–water partition coefficient (Wildman–Crippen LogP) is 3.07. The summed E-state index contributed by atoms with van der Waals surface area (Å²) < 4.78 is 0.806. The summed E-state index contributed by atoms with van der Waals surface area (Å²) in [5.41, 5.74) is 7.16. The van der Waals surface area contributed by atoms with E-state index in [4.69, 9.17) is 29.6 Å². The van der Waals surface area contributed by atoms with Gasteiger partial charge < -0.3 is 10.6 Å². The summed E-state index contributed by atoms with van der Waals surface area (Å²) in [5, 5.41) is 0. The lowest BCUT2D eigenvalue weighted by Crippen LogP contribution is -2.17. The number of thiocarbonyl (C=S) groups is 1. The van der Waals surface area contributed by atoms with Crippen LogP contribution in [0.3, 0.4) is 0 Å². The SMILES string of the molecule is CN(Cc1ccc(Cl)s1)c1ccc(C(N)=S)nc1. The van der Waals surface area contributed by atoms with E-state index in [-0.39, 0.29) is 0 Å². The van der Waals surface area contributed by atoms with Gasteiger partial charge in [-0.1, -0.05) is 23.8 Å². The molecule has 0 aromatic carbocycles. The number of pyridine rings is 1. The Morgan fingerprint density at radius 3 is 2.72 bits per heavy atom. The third-order valence-corrected chi connectivity index (χ3v) is 3.89. The number of nitrogens with two attached hydrogens (primary N) is 1. The molecule has 0 radical (unpaired) electrons. The highest BCUT2D eigenvalue weighted by molar-refractivity contribution is 7.80. The van der Waals surface area contributed by atoms with Gasteiger partial charge in [0.25, 0.3) is 0 Å². The van der Waals surface area contributed by atoms with Gasteiger partial charge in [-0.2, -0.15) is 0 Å². The second-order valence-corrected chi connectivity index (χ2v) is 6.07. The van der Waals surface area contributed by atoms with Crippen LogP contribution in [0, 0.1) is 0 Å². The summed E-state index contributed by atoms with van der Waals surface area (Å²) in [6.45, 7) is 0.797. The molecule has 3 nitrogen and oxygen atoms in total. The highest BCUT2D eigenvalue weighted by Gasteiger charge is 2.06. The Morgan fingerprint density at radius 1 is 1.44 bits per heavy atom. The molecule has 0 saturated carbocycles. The number of halogens is 1. The zero-order chi connectivity index (χ0) is 13.1. The van der Waals surface area contributed by atoms with Gasteiger partial charge in [0.05, 0.1) is 28.5 Å². The molecule has 0 aliphatic heterocycles. The second kappa shape index (κ2) is 5.65. The van der Waals surface area contributed by atoms with E-state index in [1.807, 2.05) is 31.3 Å². The van der Waals surface area contributed by atoms with Gasteiger partial charge in [0.15, 0.2) is 0 Å². The van der Waals surface area contributed by atoms with Crippen molar-refractivity contribution in [2.45, 2.75) is 6.54 Å². The zero-order valence-corrected chi connectivity index (χ0v) is 12.1. The van der Waals surface area contributed by atoms with E-state index in [9.17, 15) is 0 Å². The minimum absolute atomic E-state index is 0.314. The summed E-state index contributed by atoms with van der Waals surface area (Å²) in [6.07, 6.45) is 1.77. The molecule has 0 amide bonds. The van der Waals surface area contributed by atoms with Crippen molar-refractivity contribution in [3.8, 4) is 0 Å². The molecule has 0 unspecified atom stereocenters. The lowest BCUT2D eigenvalue weighted by Gasteiger charge is -2.18. The maximum absolute atomic E-state index is 5.90. The van der Waals surface area contributed by atoms with Crippen LogP contribution in [0.4, 0.5) is 5.69 Å². The number of anilines is 1. The van der Waals surface area contributed by atoms with Crippen molar-refractivity contribution < 1.29 is 0 Å². The van der Waals surface area contributed by atoms with Crippen LogP contribution >= 0.6 is 35.2 Å². The first-order valence-corrected chi connectivity index (χ1v) is 6.88. The average molecular weight is 298 g/mol. The Balaban J connectivity index is 2.09. The van der Waals surface area contributed by atoms with Crippen LogP contribution in [-0.2, 0) is 6.54 Å². The first kappa shape index (κ1) is 13.3. The highest BCUT2D eigenvalue weighted by Crippen LogP contribution is 2.24. The molecular weight excluding hydrogens is 286 g/mol. The summed E-state index contributed by atoms with van der Waals surface area (Å²) in [4.78, 5) is 7.83. The Bertz CT molecular complexity index is 551. The number of hydrogen-bond donors (Lipinski definition) is 1.